The Morgan fingerprint density at radius 1 is 0.735 bits per heavy atom. The molecule has 0 bridgehead atoms. The highest BCUT2D eigenvalue weighted by molar-refractivity contribution is 5.66. The molecular weight excluding hydrogens is 422 g/mol. The van der Waals surface area contributed by atoms with Crippen LogP contribution >= 0.6 is 0 Å². The topological polar surface area (TPSA) is 59.6 Å². The number of aryl methyl sites for hydroxylation is 1. The molecule has 7 heteroatoms. The van der Waals surface area contributed by atoms with Crippen LogP contribution in [0.3, 0.4) is 0 Å². The highest BCUT2D eigenvalue weighted by atomic mass is 15.2. The summed E-state index contributed by atoms with van der Waals surface area (Å²) < 4.78 is 0. The zero-order valence-electron chi connectivity index (χ0n) is 20.3. The van der Waals surface area contributed by atoms with Crippen LogP contribution in [0.25, 0.3) is 0 Å². The van der Waals surface area contributed by atoms with E-state index in [4.69, 9.17) is 4.98 Å². The van der Waals surface area contributed by atoms with Crippen molar-refractivity contribution >= 4 is 34.5 Å². The highest BCUT2D eigenvalue weighted by Crippen LogP contribution is 2.27. The van der Waals surface area contributed by atoms with E-state index >= 15 is 0 Å². The van der Waals surface area contributed by atoms with Crippen LogP contribution in [0.15, 0.2) is 54.7 Å². The second-order valence-corrected chi connectivity index (χ2v) is 9.41. The van der Waals surface area contributed by atoms with Crippen LogP contribution in [0.5, 0.6) is 0 Å². The molecule has 0 radical (unpaired) electrons. The lowest BCUT2D eigenvalue weighted by molar-refractivity contribution is 0.313. The largest absolute Gasteiger partial charge is 0.371 e. The number of aromatic nitrogens is 2. The molecule has 3 heterocycles. The van der Waals surface area contributed by atoms with Gasteiger partial charge in [-0.2, -0.15) is 4.98 Å². The normalized spacial score (nSPS) is 17.0. The van der Waals surface area contributed by atoms with E-state index in [1.165, 1.54) is 30.6 Å². The van der Waals surface area contributed by atoms with Crippen LogP contribution in [0.2, 0.25) is 0 Å². The summed E-state index contributed by atoms with van der Waals surface area (Å²) in [7, 11) is 2.18. The molecule has 2 saturated heterocycles. The molecule has 7 nitrogen and oxygen atoms in total. The van der Waals surface area contributed by atoms with Crippen LogP contribution in [0.4, 0.5) is 34.5 Å². The first-order valence-corrected chi connectivity index (χ1v) is 12.4. The second kappa shape index (κ2) is 10.3. The summed E-state index contributed by atoms with van der Waals surface area (Å²) in [6, 6.07) is 17.2. The lowest BCUT2D eigenvalue weighted by Crippen LogP contribution is -2.44. The summed E-state index contributed by atoms with van der Waals surface area (Å²) >= 11 is 0. The molecule has 0 spiro atoms. The standard InChI is InChI=1S/C27H35N7/c1-21-20-28-27(30-22-9-11-24(12-10-22)34-17-15-32(2)16-18-34)31-26(21)29-23-7-6-8-25(19-23)33-13-4-3-5-14-33/h6-12,19-20H,3-5,13-18H2,1-2H3,(H2,28,29,30,31). The monoisotopic (exact) mass is 457 g/mol. The van der Waals surface area contributed by atoms with Crippen LogP contribution in [-0.2, 0) is 0 Å². The van der Waals surface area contributed by atoms with Crippen molar-refractivity contribution in [1.29, 1.82) is 0 Å². The quantitative estimate of drug-likeness (QED) is 0.539. The third kappa shape index (κ3) is 5.42. The van der Waals surface area contributed by atoms with E-state index in [0.717, 1.165) is 62.0 Å². The summed E-state index contributed by atoms with van der Waals surface area (Å²) in [5, 5.41) is 6.87. The van der Waals surface area contributed by atoms with E-state index in [9.17, 15) is 0 Å². The summed E-state index contributed by atoms with van der Waals surface area (Å²) in [6.45, 7) is 8.65. The molecule has 0 aliphatic carbocycles. The van der Waals surface area contributed by atoms with Gasteiger partial charge < -0.3 is 25.3 Å². The van der Waals surface area contributed by atoms with Crippen molar-refractivity contribution in [2.45, 2.75) is 26.2 Å². The molecule has 2 aromatic carbocycles. The highest BCUT2D eigenvalue weighted by Gasteiger charge is 2.15. The van der Waals surface area contributed by atoms with Crippen LogP contribution in [0, 0.1) is 6.92 Å². The molecule has 34 heavy (non-hydrogen) atoms. The fourth-order valence-electron chi connectivity index (χ4n) is 4.65. The van der Waals surface area contributed by atoms with Gasteiger partial charge in [-0.1, -0.05) is 6.07 Å². The average Bonchev–Trinajstić information content (AvgIpc) is 2.88. The summed E-state index contributed by atoms with van der Waals surface area (Å²) in [5.74, 6) is 1.41. The number of anilines is 6. The van der Waals surface area contributed by atoms with Gasteiger partial charge in [-0.15, -0.1) is 0 Å². The molecule has 0 unspecified atom stereocenters. The summed E-state index contributed by atoms with van der Waals surface area (Å²) in [5.41, 5.74) is 5.58. The maximum absolute atomic E-state index is 4.76. The van der Waals surface area contributed by atoms with Gasteiger partial charge in [0.1, 0.15) is 5.82 Å². The lowest BCUT2D eigenvalue weighted by atomic mass is 10.1. The summed E-state index contributed by atoms with van der Waals surface area (Å²) in [6.07, 6.45) is 5.75. The van der Waals surface area contributed by atoms with Crippen molar-refractivity contribution in [2.75, 3.05) is 66.7 Å². The number of nitrogens with one attached hydrogen (secondary N) is 2. The van der Waals surface area contributed by atoms with Gasteiger partial charge in [0.2, 0.25) is 5.95 Å². The molecule has 2 aliphatic heterocycles. The molecule has 178 valence electrons. The number of piperidine rings is 1. The van der Waals surface area contributed by atoms with Gasteiger partial charge >= 0.3 is 0 Å². The van der Waals surface area contributed by atoms with Gasteiger partial charge in [0.25, 0.3) is 0 Å². The minimum atomic E-state index is 0.590. The minimum Gasteiger partial charge on any atom is -0.371 e. The van der Waals surface area contributed by atoms with E-state index in [1.54, 1.807) is 0 Å². The Balaban J connectivity index is 1.26. The SMILES string of the molecule is Cc1cnc(Nc2ccc(N3CCN(C)CC3)cc2)nc1Nc1cccc(N2CCCCC2)c1. The number of hydrogen-bond acceptors (Lipinski definition) is 7. The van der Waals surface area contributed by atoms with Gasteiger partial charge in [-0.3, -0.25) is 0 Å². The molecule has 2 aliphatic rings. The zero-order valence-corrected chi connectivity index (χ0v) is 20.3. The van der Waals surface area contributed by atoms with E-state index in [-0.39, 0.29) is 0 Å². The molecule has 5 rings (SSSR count). The summed E-state index contributed by atoms with van der Waals surface area (Å²) in [4.78, 5) is 16.5. The third-order valence-corrected chi connectivity index (χ3v) is 6.79. The maximum atomic E-state index is 4.76. The molecule has 1 aromatic heterocycles. The molecule has 2 N–H and O–H groups in total. The Morgan fingerprint density at radius 3 is 2.24 bits per heavy atom. The molecule has 3 aromatic rings. The molecule has 0 amide bonds. The van der Waals surface area contributed by atoms with Crippen LogP contribution in [-0.4, -0.2) is 61.2 Å². The van der Waals surface area contributed by atoms with Crippen molar-refractivity contribution < 1.29 is 0 Å². The smallest absolute Gasteiger partial charge is 0.229 e. The zero-order chi connectivity index (χ0) is 23.3. The number of likely N-dealkylation sites (N-methyl/N-ethyl adjacent to an activating group) is 1. The average molecular weight is 458 g/mol. The lowest BCUT2D eigenvalue weighted by Gasteiger charge is -2.34. The van der Waals surface area contributed by atoms with E-state index in [2.05, 4.69) is 85.9 Å². The Kier molecular flexibility index (Phi) is 6.81. The van der Waals surface area contributed by atoms with Crippen LogP contribution < -0.4 is 20.4 Å². The Hall–Kier alpha value is -3.32. The van der Waals surface area contributed by atoms with Gasteiger partial charge in [0, 0.05) is 73.8 Å². The van der Waals surface area contributed by atoms with Gasteiger partial charge in [0.15, 0.2) is 0 Å². The third-order valence-electron chi connectivity index (χ3n) is 6.79. The van der Waals surface area contributed by atoms with Gasteiger partial charge in [-0.25, -0.2) is 4.98 Å². The fraction of sp³-hybridized carbons (Fsp3) is 0.407. The van der Waals surface area contributed by atoms with E-state index in [1.807, 2.05) is 13.1 Å². The Bertz CT molecular complexity index is 1080. The first kappa shape index (κ1) is 22.5. The predicted molar refractivity (Wildman–Crippen MR) is 142 cm³/mol. The van der Waals surface area contributed by atoms with Crippen molar-refractivity contribution in [2.24, 2.45) is 0 Å². The van der Waals surface area contributed by atoms with Crippen LogP contribution in [0.1, 0.15) is 24.8 Å². The first-order valence-electron chi connectivity index (χ1n) is 12.4. The number of nitrogens with zero attached hydrogens (tertiary/aromatic N) is 5. The van der Waals surface area contributed by atoms with E-state index < -0.39 is 0 Å². The molecular formula is C27H35N7. The van der Waals surface area contributed by atoms with E-state index in [0.29, 0.717) is 5.95 Å². The predicted octanol–water partition coefficient (Wildman–Crippen LogP) is 5.01. The van der Waals surface area contributed by atoms with Crippen molar-refractivity contribution in [3.05, 3.63) is 60.3 Å². The number of benzene rings is 2. The number of rotatable bonds is 6. The number of piperazine rings is 1. The van der Waals surface area contributed by atoms with Crippen molar-refractivity contribution in [3.8, 4) is 0 Å². The molecule has 0 atom stereocenters. The molecule has 2 fully saturated rings. The Morgan fingerprint density at radius 2 is 1.47 bits per heavy atom. The Labute approximate surface area is 202 Å². The number of hydrogen-bond donors (Lipinski definition) is 2. The first-order chi connectivity index (χ1) is 16.6. The second-order valence-electron chi connectivity index (χ2n) is 9.41. The van der Waals surface area contributed by atoms with Crippen molar-refractivity contribution in [3.63, 3.8) is 0 Å². The maximum Gasteiger partial charge on any atom is 0.229 e. The van der Waals surface area contributed by atoms with Gasteiger partial charge in [0.05, 0.1) is 0 Å². The molecule has 0 saturated carbocycles. The van der Waals surface area contributed by atoms with Gasteiger partial charge in [-0.05, 0) is 75.7 Å². The van der Waals surface area contributed by atoms with Crippen molar-refractivity contribution in [1.82, 2.24) is 14.9 Å². The fourth-order valence-corrected chi connectivity index (χ4v) is 4.65. The minimum absolute atomic E-state index is 0.590.